The molecular weight excluding hydrogens is 597 g/mol. The third kappa shape index (κ3) is 4.91. The van der Waals surface area contributed by atoms with Crippen LogP contribution in [-0.2, 0) is 16.4 Å². The summed E-state index contributed by atoms with van der Waals surface area (Å²) >= 11 is 6.82. The van der Waals surface area contributed by atoms with Gasteiger partial charge >= 0.3 is 6.18 Å². The Hall–Kier alpha value is -1.88. The van der Waals surface area contributed by atoms with Gasteiger partial charge in [0, 0.05) is 30.8 Å². The topological polar surface area (TPSA) is 62.0 Å². The van der Waals surface area contributed by atoms with Gasteiger partial charge in [0.15, 0.2) is 0 Å². The highest BCUT2D eigenvalue weighted by atomic mass is 79.9. The summed E-state index contributed by atoms with van der Waals surface area (Å²) in [6.07, 6.45) is -5.38. The van der Waals surface area contributed by atoms with Crippen molar-refractivity contribution < 1.29 is 21.6 Å². The van der Waals surface area contributed by atoms with E-state index in [9.17, 15) is 21.6 Å². The molecule has 0 saturated heterocycles. The van der Waals surface area contributed by atoms with E-state index in [0.29, 0.717) is 26.7 Å². The fraction of sp³-hybridized carbons (Fsp3) is 0.250. The lowest BCUT2D eigenvalue weighted by molar-refractivity contribution is -0.150. The molecule has 0 aliphatic heterocycles. The minimum Gasteiger partial charge on any atom is -0.354 e. The van der Waals surface area contributed by atoms with Gasteiger partial charge in [0.25, 0.3) is 0 Å². The summed E-state index contributed by atoms with van der Waals surface area (Å²) in [7, 11) is -4.43. The van der Waals surface area contributed by atoms with Crippen molar-refractivity contribution in [3.8, 4) is 0 Å². The first-order chi connectivity index (χ1) is 15.8. The Labute approximate surface area is 212 Å². The van der Waals surface area contributed by atoms with Crippen molar-refractivity contribution >= 4 is 63.7 Å². The van der Waals surface area contributed by atoms with Crippen LogP contribution in [0, 0.1) is 20.8 Å². The maximum absolute atomic E-state index is 14.1. The molecule has 180 valence electrons. The van der Waals surface area contributed by atoms with Crippen LogP contribution in [0.1, 0.15) is 22.3 Å². The number of aromatic amines is 1. The van der Waals surface area contributed by atoms with E-state index in [-0.39, 0.29) is 4.90 Å². The molecule has 4 rings (SSSR count). The van der Waals surface area contributed by atoms with E-state index in [4.69, 9.17) is 0 Å². The maximum Gasteiger partial charge on any atom is 0.405 e. The van der Waals surface area contributed by atoms with E-state index in [1.165, 1.54) is 0 Å². The fourth-order valence-electron chi connectivity index (χ4n) is 4.45. The second-order valence-corrected chi connectivity index (χ2v) is 11.9. The summed E-state index contributed by atoms with van der Waals surface area (Å²) in [4.78, 5) is 3.07. The maximum atomic E-state index is 14.1. The second-order valence-electron chi connectivity index (χ2n) is 8.45. The minimum absolute atomic E-state index is 0.123. The Morgan fingerprint density at radius 2 is 1.56 bits per heavy atom. The zero-order valence-corrected chi connectivity index (χ0v) is 22.4. The number of halogens is 5. The van der Waals surface area contributed by atoms with Crippen molar-refractivity contribution in [2.45, 2.75) is 44.3 Å². The molecule has 4 nitrogen and oxygen atoms in total. The van der Waals surface area contributed by atoms with Crippen LogP contribution in [0.4, 0.5) is 13.2 Å². The van der Waals surface area contributed by atoms with Gasteiger partial charge in [-0.3, -0.25) is 0 Å². The largest absolute Gasteiger partial charge is 0.405 e. The summed E-state index contributed by atoms with van der Waals surface area (Å²) in [5, 5.41) is 1.59. The lowest BCUT2D eigenvalue weighted by Gasteiger charge is -2.23. The van der Waals surface area contributed by atoms with Crippen molar-refractivity contribution in [3.05, 3.63) is 73.7 Å². The van der Waals surface area contributed by atoms with Crippen molar-refractivity contribution in [3.63, 3.8) is 0 Å². The van der Waals surface area contributed by atoms with Gasteiger partial charge < -0.3 is 4.98 Å². The number of benzene rings is 3. The van der Waals surface area contributed by atoms with Gasteiger partial charge in [-0.15, -0.1) is 0 Å². The molecular formula is C24H21Br2F3N2O2S. The molecule has 2 N–H and O–H groups in total. The van der Waals surface area contributed by atoms with Crippen molar-refractivity contribution in [2.75, 3.05) is 0 Å². The monoisotopic (exact) mass is 616 g/mol. The SMILES string of the molecule is Cc1cc(C)c(S(=O)(=O)NC(Cc2cc(Br)cc3c2[nH]c2ccc(Br)cc23)C(F)(F)F)c(C)c1. The zero-order valence-electron chi connectivity index (χ0n) is 18.4. The molecule has 0 aliphatic rings. The molecule has 0 bridgehead atoms. The number of hydrogen-bond acceptors (Lipinski definition) is 2. The van der Waals surface area contributed by atoms with Gasteiger partial charge in [-0.25, -0.2) is 8.42 Å². The van der Waals surface area contributed by atoms with Gasteiger partial charge in [-0.05, 0) is 74.2 Å². The van der Waals surface area contributed by atoms with Gasteiger partial charge in [-0.2, -0.15) is 17.9 Å². The third-order valence-electron chi connectivity index (χ3n) is 5.71. The smallest absolute Gasteiger partial charge is 0.354 e. The average Bonchev–Trinajstić information content (AvgIpc) is 3.03. The Kier molecular flexibility index (Phi) is 6.65. The van der Waals surface area contributed by atoms with Crippen LogP contribution in [0.15, 0.2) is 56.3 Å². The number of sulfonamides is 1. The Morgan fingerprint density at radius 1 is 0.941 bits per heavy atom. The average molecular weight is 618 g/mol. The van der Waals surface area contributed by atoms with E-state index in [1.54, 1.807) is 39.0 Å². The first kappa shape index (κ1) is 25.2. The molecule has 0 fully saturated rings. The molecule has 0 amide bonds. The molecule has 1 heterocycles. The molecule has 3 aromatic carbocycles. The molecule has 0 spiro atoms. The third-order valence-corrected chi connectivity index (χ3v) is 8.43. The highest BCUT2D eigenvalue weighted by Crippen LogP contribution is 2.35. The zero-order chi connectivity index (χ0) is 25.0. The molecule has 0 radical (unpaired) electrons. The molecule has 0 saturated carbocycles. The number of aryl methyl sites for hydroxylation is 3. The van der Waals surface area contributed by atoms with Crippen LogP contribution < -0.4 is 4.72 Å². The summed E-state index contributed by atoms with van der Waals surface area (Å²) < 4.78 is 72.0. The lowest BCUT2D eigenvalue weighted by atomic mass is 10.0. The minimum atomic E-state index is -4.80. The summed E-state index contributed by atoms with van der Waals surface area (Å²) in [5.41, 5.74) is 3.29. The molecule has 1 atom stereocenters. The normalized spacial score (nSPS) is 13.6. The van der Waals surface area contributed by atoms with Crippen LogP contribution in [0.25, 0.3) is 21.8 Å². The predicted molar refractivity (Wildman–Crippen MR) is 136 cm³/mol. The standard InChI is InChI=1S/C24H21Br2F3N2O2S/c1-12-6-13(2)23(14(3)7-12)34(32,33)31-21(24(27,28)29)9-15-8-17(26)11-19-18-10-16(25)4-5-20(18)30-22(15)19/h4-8,10-11,21,30-31H,9H2,1-3H3. The Balaban J connectivity index is 1.80. The van der Waals surface area contributed by atoms with Crippen LogP contribution in [0.3, 0.4) is 0 Å². The Morgan fingerprint density at radius 3 is 2.18 bits per heavy atom. The predicted octanol–water partition coefficient (Wildman–Crippen LogP) is 7.22. The number of hydrogen-bond donors (Lipinski definition) is 2. The molecule has 34 heavy (non-hydrogen) atoms. The van der Waals surface area contributed by atoms with E-state index in [0.717, 1.165) is 26.3 Å². The summed E-state index contributed by atoms with van der Waals surface area (Å²) in [5.74, 6) is 0. The van der Waals surface area contributed by atoms with Crippen LogP contribution in [-0.4, -0.2) is 25.6 Å². The van der Waals surface area contributed by atoms with Crippen LogP contribution in [0.2, 0.25) is 0 Å². The van der Waals surface area contributed by atoms with Gasteiger partial charge in [-0.1, -0.05) is 49.6 Å². The number of nitrogens with one attached hydrogen (secondary N) is 2. The van der Waals surface area contributed by atoms with Gasteiger partial charge in [0.05, 0.1) is 4.90 Å². The first-order valence-corrected chi connectivity index (χ1v) is 13.4. The number of rotatable bonds is 5. The summed E-state index contributed by atoms with van der Waals surface area (Å²) in [6, 6.07) is 9.95. The molecule has 10 heteroatoms. The van der Waals surface area contributed by atoms with Crippen molar-refractivity contribution in [1.29, 1.82) is 0 Å². The van der Waals surface area contributed by atoms with E-state index < -0.39 is 28.7 Å². The summed E-state index contributed by atoms with van der Waals surface area (Å²) in [6.45, 7) is 4.97. The highest BCUT2D eigenvalue weighted by molar-refractivity contribution is 9.10. The van der Waals surface area contributed by atoms with E-state index >= 15 is 0 Å². The first-order valence-electron chi connectivity index (χ1n) is 10.3. The molecule has 4 aromatic rings. The Bertz CT molecular complexity index is 1510. The van der Waals surface area contributed by atoms with E-state index in [2.05, 4.69) is 36.8 Å². The van der Waals surface area contributed by atoms with Gasteiger partial charge in [0.1, 0.15) is 6.04 Å². The van der Waals surface area contributed by atoms with Gasteiger partial charge in [0.2, 0.25) is 10.0 Å². The van der Waals surface area contributed by atoms with Crippen LogP contribution in [0.5, 0.6) is 0 Å². The number of fused-ring (bicyclic) bond motifs is 3. The van der Waals surface area contributed by atoms with Crippen LogP contribution >= 0.6 is 31.9 Å². The quantitative estimate of drug-likeness (QED) is 0.248. The molecule has 1 aromatic heterocycles. The molecule has 1 unspecified atom stereocenters. The van der Waals surface area contributed by atoms with Crippen molar-refractivity contribution in [2.24, 2.45) is 0 Å². The number of alkyl halides is 3. The van der Waals surface area contributed by atoms with Crippen molar-refractivity contribution in [1.82, 2.24) is 9.71 Å². The fourth-order valence-corrected chi connectivity index (χ4v) is 6.99. The second kappa shape index (κ2) is 8.96. The highest BCUT2D eigenvalue weighted by Gasteiger charge is 2.43. The number of aromatic nitrogens is 1. The van der Waals surface area contributed by atoms with E-state index in [1.807, 2.05) is 29.0 Å². The molecule has 0 aliphatic carbocycles. The lowest BCUT2D eigenvalue weighted by Crippen LogP contribution is -2.47. The number of H-pyrrole nitrogens is 1.